The molecule has 0 amide bonds. The van der Waals surface area contributed by atoms with E-state index in [1.165, 1.54) is 0 Å². The molecule has 0 spiro atoms. The van der Waals surface area contributed by atoms with Crippen LogP contribution in [-0.4, -0.2) is 52.8 Å². The molecule has 1 rings (SSSR count). The number of hydrogen-bond acceptors (Lipinski definition) is 6. The first kappa shape index (κ1) is 19.8. The summed E-state index contributed by atoms with van der Waals surface area (Å²) in [7, 11) is 4.78. The summed E-state index contributed by atoms with van der Waals surface area (Å²) < 4.78 is 21.1. The van der Waals surface area contributed by atoms with Crippen LogP contribution in [0.25, 0.3) is 0 Å². The van der Waals surface area contributed by atoms with Gasteiger partial charge in [0.2, 0.25) is 5.75 Å². The Kier molecular flexibility index (Phi) is 10.8. The molecule has 0 saturated carbocycles. The molecule has 0 aliphatic heterocycles. The van der Waals surface area contributed by atoms with E-state index < -0.39 is 0 Å². The number of methoxy groups -OCH3 is 3. The highest BCUT2D eigenvalue weighted by atomic mass is 35.5. The van der Waals surface area contributed by atoms with Crippen LogP contribution in [0.1, 0.15) is 5.56 Å². The molecule has 21 heavy (non-hydrogen) atoms. The predicted molar refractivity (Wildman–Crippen MR) is 83.0 cm³/mol. The monoisotopic (exact) mass is 321 g/mol. The van der Waals surface area contributed by atoms with Gasteiger partial charge in [0.15, 0.2) is 11.5 Å². The van der Waals surface area contributed by atoms with Crippen LogP contribution >= 0.6 is 12.4 Å². The van der Waals surface area contributed by atoms with Gasteiger partial charge in [-0.25, -0.2) is 0 Å². The Morgan fingerprint density at radius 1 is 1.00 bits per heavy atom. The zero-order chi connectivity index (χ0) is 14.8. The fraction of sp³-hybridized carbons (Fsp3) is 0.571. The van der Waals surface area contributed by atoms with E-state index >= 15 is 0 Å². The summed E-state index contributed by atoms with van der Waals surface area (Å²) in [6, 6.07) is 3.78. The summed E-state index contributed by atoms with van der Waals surface area (Å²) in [6.07, 6.45) is 0. The van der Waals surface area contributed by atoms with Gasteiger partial charge in [0.05, 0.1) is 41.2 Å². The lowest BCUT2D eigenvalue weighted by atomic mass is 10.1. The van der Waals surface area contributed by atoms with E-state index in [-0.39, 0.29) is 19.0 Å². The van der Waals surface area contributed by atoms with Crippen LogP contribution in [0.2, 0.25) is 0 Å². The van der Waals surface area contributed by atoms with Crippen molar-refractivity contribution in [2.24, 2.45) is 0 Å². The first-order valence-electron chi connectivity index (χ1n) is 6.45. The largest absolute Gasteiger partial charge is 0.493 e. The van der Waals surface area contributed by atoms with Crippen LogP contribution in [0.3, 0.4) is 0 Å². The highest BCUT2D eigenvalue weighted by molar-refractivity contribution is 5.85. The molecule has 0 fully saturated rings. The minimum Gasteiger partial charge on any atom is -0.493 e. The molecule has 0 bridgehead atoms. The zero-order valence-corrected chi connectivity index (χ0v) is 13.5. The number of rotatable bonds is 10. The fourth-order valence-electron chi connectivity index (χ4n) is 1.84. The van der Waals surface area contributed by atoms with E-state index in [4.69, 9.17) is 24.1 Å². The van der Waals surface area contributed by atoms with Crippen molar-refractivity contribution >= 4 is 12.4 Å². The Bertz CT molecular complexity index is 403. The second-order valence-corrected chi connectivity index (χ2v) is 4.01. The lowest BCUT2D eigenvalue weighted by Gasteiger charge is -2.16. The molecule has 0 unspecified atom stereocenters. The average molecular weight is 322 g/mol. The van der Waals surface area contributed by atoms with Crippen LogP contribution in [0, 0.1) is 0 Å². The smallest absolute Gasteiger partial charge is 0.203 e. The number of aliphatic hydroxyl groups is 1. The lowest BCUT2D eigenvalue weighted by Crippen LogP contribution is -2.20. The van der Waals surface area contributed by atoms with Crippen LogP contribution in [-0.2, 0) is 11.3 Å². The van der Waals surface area contributed by atoms with Crippen LogP contribution in [0.4, 0.5) is 0 Å². The van der Waals surface area contributed by atoms with Gasteiger partial charge in [-0.1, -0.05) is 6.07 Å². The van der Waals surface area contributed by atoms with Crippen molar-refractivity contribution in [2.75, 3.05) is 47.7 Å². The first-order chi connectivity index (χ1) is 9.78. The Morgan fingerprint density at radius 3 is 2.29 bits per heavy atom. The zero-order valence-electron chi connectivity index (χ0n) is 12.7. The van der Waals surface area contributed by atoms with E-state index in [2.05, 4.69) is 5.32 Å². The Labute approximate surface area is 131 Å². The number of ether oxygens (including phenoxy) is 4. The van der Waals surface area contributed by atoms with E-state index in [0.29, 0.717) is 43.6 Å². The SMILES string of the molecule is COc1ccc(CNCCOCCO)c(OC)c1OC.Cl. The fourth-order valence-corrected chi connectivity index (χ4v) is 1.84. The summed E-state index contributed by atoms with van der Waals surface area (Å²) in [4.78, 5) is 0. The second-order valence-electron chi connectivity index (χ2n) is 4.01. The summed E-state index contributed by atoms with van der Waals surface area (Å²) in [6.45, 7) is 2.28. The second kappa shape index (κ2) is 11.4. The topological polar surface area (TPSA) is 69.2 Å². The molecule has 7 heteroatoms. The molecule has 2 N–H and O–H groups in total. The number of aliphatic hydroxyl groups excluding tert-OH is 1. The molecular weight excluding hydrogens is 298 g/mol. The molecule has 0 atom stereocenters. The summed E-state index contributed by atoms with van der Waals surface area (Å²) in [5.74, 6) is 1.89. The van der Waals surface area contributed by atoms with Crippen molar-refractivity contribution < 1.29 is 24.1 Å². The van der Waals surface area contributed by atoms with Crippen molar-refractivity contribution in [3.05, 3.63) is 17.7 Å². The van der Waals surface area contributed by atoms with Crippen molar-refractivity contribution in [1.29, 1.82) is 0 Å². The van der Waals surface area contributed by atoms with Crippen molar-refractivity contribution in [1.82, 2.24) is 5.32 Å². The third kappa shape index (κ3) is 5.97. The van der Waals surface area contributed by atoms with Crippen molar-refractivity contribution in [3.8, 4) is 17.2 Å². The Morgan fingerprint density at radius 2 is 1.71 bits per heavy atom. The quantitative estimate of drug-likeness (QED) is 0.632. The lowest BCUT2D eigenvalue weighted by molar-refractivity contribution is 0.0937. The minimum absolute atomic E-state index is 0. The third-order valence-corrected chi connectivity index (χ3v) is 2.76. The number of hydrogen-bond donors (Lipinski definition) is 2. The maximum Gasteiger partial charge on any atom is 0.203 e. The van der Waals surface area contributed by atoms with Gasteiger partial charge in [0, 0.05) is 18.7 Å². The summed E-state index contributed by atoms with van der Waals surface area (Å²) >= 11 is 0. The van der Waals surface area contributed by atoms with Crippen LogP contribution in [0.5, 0.6) is 17.2 Å². The maximum atomic E-state index is 8.59. The van der Waals surface area contributed by atoms with Gasteiger partial charge in [-0.2, -0.15) is 0 Å². The van der Waals surface area contributed by atoms with Gasteiger partial charge in [-0.15, -0.1) is 12.4 Å². The van der Waals surface area contributed by atoms with E-state index in [9.17, 15) is 0 Å². The van der Waals surface area contributed by atoms with E-state index in [0.717, 1.165) is 5.56 Å². The van der Waals surface area contributed by atoms with Crippen LogP contribution in [0.15, 0.2) is 12.1 Å². The molecule has 0 heterocycles. The molecule has 0 aromatic heterocycles. The standard InChI is InChI=1S/C14H23NO5.ClH/c1-17-12-5-4-11(13(18-2)14(12)19-3)10-15-6-8-20-9-7-16;/h4-5,15-16H,6-10H2,1-3H3;1H. The van der Waals surface area contributed by atoms with Crippen molar-refractivity contribution in [2.45, 2.75) is 6.54 Å². The molecule has 1 aromatic carbocycles. The van der Waals surface area contributed by atoms with Gasteiger partial charge >= 0.3 is 0 Å². The third-order valence-electron chi connectivity index (χ3n) is 2.76. The first-order valence-corrected chi connectivity index (χ1v) is 6.45. The van der Waals surface area contributed by atoms with Gasteiger partial charge in [0.25, 0.3) is 0 Å². The predicted octanol–water partition coefficient (Wildman–Crippen LogP) is 1.23. The highest BCUT2D eigenvalue weighted by Gasteiger charge is 2.15. The molecule has 0 aliphatic carbocycles. The van der Waals surface area contributed by atoms with Gasteiger partial charge in [-0.05, 0) is 6.07 Å². The van der Waals surface area contributed by atoms with Gasteiger partial charge in [0.1, 0.15) is 0 Å². The summed E-state index contributed by atoms with van der Waals surface area (Å²) in [5, 5.41) is 11.8. The van der Waals surface area contributed by atoms with E-state index in [1.54, 1.807) is 21.3 Å². The average Bonchev–Trinajstić information content (AvgIpc) is 2.49. The maximum absolute atomic E-state index is 8.59. The number of benzene rings is 1. The van der Waals surface area contributed by atoms with Gasteiger partial charge in [-0.3, -0.25) is 0 Å². The number of nitrogens with one attached hydrogen (secondary N) is 1. The molecule has 0 radical (unpaired) electrons. The van der Waals surface area contributed by atoms with Crippen molar-refractivity contribution in [3.63, 3.8) is 0 Å². The highest BCUT2D eigenvalue weighted by Crippen LogP contribution is 2.39. The molecule has 0 saturated heterocycles. The van der Waals surface area contributed by atoms with E-state index in [1.807, 2.05) is 12.1 Å². The summed E-state index contributed by atoms with van der Waals surface area (Å²) in [5.41, 5.74) is 0.979. The number of halogens is 1. The molecule has 1 aromatic rings. The molecule has 0 aliphatic rings. The molecule has 122 valence electrons. The molecule has 6 nitrogen and oxygen atoms in total. The van der Waals surface area contributed by atoms with Crippen LogP contribution < -0.4 is 19.5 Å². The molecular formula is C14H24ClNO5. The normalized spacial score (nSPS) is 9.90. The Hall–Kier alpha value is -1.21. The van der Waals surface area contributed by atoms with Gasteiger partial charge < -0.3 is 29.4 Å². The minimum atomic E-state index is 0. The Balaban J connectivity index is 0.00000400.